The summed E-state index contributed by atoms with van der Waals surface area (Å²) in [6.07, 6.45) is 1.32. The van der Waals surface area contributed by atoms with E-state index in [1.165, 1.54) is 0 Å². The second-order valence-electron chi connectivity index (χ2n) is 5.99. The number of amides is 2. The van der Waals surface area contributed by atoms with E-state index in [1.54, 1.807) is 0 Å². The number of hydrogen-bond donors (Lipinski definition) is 1. The highest BCUT2D eigenvalue weighted by atomic mass is 16.6. The first-order chi connectivity index (χ1) is 11.7. The first-order valence-corrected chi connectivity index (χ1v) is 8.39. The molecule has 0 spiro atoms. The molecule has 5 nitrogen and oxygen atoms in total. The van der Waals surface area contributed by atoms with E-state index in [1.807, 2.05) is 54.3 Å². The van der Waals surface area contributed by atoms with Crippen molar-refractivity contribution in [3.05, 3.63) is 48.0 Å². The number of carbonyl (C=O) groups excluding carboxylic acids is 2. The molecule has 0 atom stereocenters. The Morgan fingerprint density at radius 2 is 1.83 bits per heavy atom. The zero-order chi connectivity index (χ0) is 16.9. The molecular weight excluding hydrogens is 304 g/mol. The van der Waals surface area contributed by atoms with Gasteiger partial charge in [0, 0.05) is 24.6 Å². The van der Waals surface area contributed by atoms with Crippen LogP contribution in [0.4, 0.5) is 0 Å². The van der Waals surface area contributed by atoms with Gasteiger partial charge in [0.15, 0.2) is 0 Å². The van der Waals surface area contributed by atoms with Crippen LogP contribution >= 0.6 is 0 Å². The lowest BCUT2D eigenvalue weighted by molar-refractivity contribution is -0.138. The predicted octanol–water partition coefficient (Wildman–Crippen LogP) is 2.76. The summed E-state index contributed by atoms with van der Waals surface area (Å²) in [5.74, 6) is -0.141. The summed E-state index contributed by atoms with van der Waals surface area (Å²) in [4.78, 5) is 31.6. The van der Waals surface area contributed by atoms with E-state index in [4.69, 9.17) is 4.84 Å². The van der Waals surface area contributed by atoms with Crippen molar-refractivity contribution in [3.8, 4) is 0 Å². The maximum atomic E-state index is 12.9. The summed E-state index contributed by atoms with van der Waals surface area (Å²) < 4.78 is 0. The normalized spacial score (nSPS) is 15.5. The molecule has 0 bridgehead atoms. The molecule has 1 aliphatic heterocycles. The van der Waals surface area contributed by atoms with Crippen LogP contribution in [0, 0.1) is 5.92 Å². The van der Waals surface area contributed by atoms with E-state index in [0.717, 1.165) is 16.3 Å². The summed E-state index contributed by atoms with van der Waals surface area (Å²) in [6, 6.07) is 13.7. The van der Waals surface area contributed by atoms with Crippen molar-refractivity contribution >= 4 is 22.6 Å². The van der Waals surface area contributed by atoms with Crippen molar-refractivity contribution in [1.29, 1.82) is 0 Å². The molecule has 1 fully saturated rings. The van der Waals surface area contributed by atoms with Crippen LogP contribution in [0.3, 0.4) is 0 Å². The molecule has 5 heteroatoms. The molecular formula is C19H22N2O3. The second kappa shape index (κ2) is 7.45. The van der Waals surface area contributed by atoms with Gasteiger partial charge in [-0.2, -0.15) is 0 Å². The van der Waals surface area contributed by atoms with Crippen molar-refractivity contribution < 1.29 is 14.4 Å². The minimum Gasteiger partial charge on any atom is -0.339 e. The lowest BCUT2D eigenvalue weighted by Gasteiger charge is -2.31. The monoisotopic (exact) mass is 326 g/mol. The van der Waals surface area contributed by atoms with Crippen LogP contribution in [0.1, 0.15) is 30.1 Å². The second-order valence-corrected chi connectivity index (χ2v) is 5.99. The number of nitrogens with zero attached hydrogens (tertiary/aromatic N) is 1. The Morgan fingerprint density at radius 1 is 1.12 bits per heavy atom. The van der Waals surface area contributed by atoms with Crippen LogP contribution < -0.4 is 5.48 Å². The number of fused-ring (bicyclic) bond motifs is 1. The van der Waals surface area contributed by atoms with E-state index < -0.39 is 0 Å². The Balaban J connectivity index is 1.68. The SMILES string of the molecule is CCONC(=O)C1CCN(C(=O)c2cccc3ccccc23)CC1. The number of hydrogen-bond acceptors (Lipinski definition) is 3. The Bertz CT molecular complexity index is 731. The van der Waals surface area contributed by atoms with Crippen molar-refractivity contribution in [2.75, 3.05) is 19.7 Å². The van der Waals surface area contributed by atoms with Crippen LogP contribution in [0.5, 0.6) is 0 Å². The summed E-state index contributed by atoms with van der Waals surface area (Å²) in [7, 11) is 0. The summed E-state index contributed by atoms with van der Waals surface area (Å²) >= 11 is 0. The molecule has 1 heterocycles. The quantitative estimate of drug-likeness (QED) is 0.879. The fourth-order valence-corrected chi connectivity index (χ4v) is 3.15. The first kappa shape index (κ1) is 16.5. The van der Waals surface area contributed by atoms with Crippen molar-refractivity contribution in [2.45, 2.75) is 19.8 Å². The van der Waals surface area contributed by atoms with Gasteiger partial charge in [-0.3, -0.25) is 14.4 Å². The Hall–Kier alpha value is -2.40. The number of likely N-dealkylation sites (tertiary alicyclic amines) is 1. The molecule has 1 N–H and O–H groups in total. The van der Waals surface area contributed by atoms with Crippen molar-refractivity contribution in [2.24, 2.45) is 5.92 Å². The Kier molecular flexibility index (Phi) is 5.11. The first-order valence-electron chi connectivity index (χ1n) is 8.39. The minimum absolute atomic E-state index is 0.0375. The van der Waals surface area contributed by atoms with Gasteiger partial charge in [-0.1, -0.05) is 36.4 Å². The van der Waals surface area contributed by atoms with Gasteiger partial charge >= 0.3 is 0 Å². The molecule has 126 valence electrons. The molecule has 0 aromatic heterocycles. The molecule has 24 heavy (non-hydrogen) atoms. The van der Waals surface area contributed by atoms with Gasteiger partial charge in [0.25, 0.3) is 5.91 Å². The number of carbonyl (C=O) groups is 2. The number of piperidine rings is 1. The molecule has 2 aromatic rings. The van der Waals surface area contributed by atoms with E-state index in [-0.39, 0.29) is 17.7 Å². The number of nitrogens with one attached hydrogen (secondary N) is 1. The summed E-state index contributed by atoms with van der Waals surface area (Å²) in [5.41, 5.74) is 3.19. The summed E-state index contributed by atoms with van der Waals surface area (Å²) in [6.45, 7) is 3.45. The molecule has 0 radical (unpaired) electrons. The number of hydroxylamine groups is 1. The zero-order valence-corrected chi connectivity index (χ0v) is 13.8. The minimum atomic E-state index is -0.0897. The van der Waals surface area contributed by atoms with Gasteiger partial charge in [-0.15, -0.1) is 0 Å². The largest absolute Gasteiger partial charge is 0.339 e. The summed E-state index contributed by atoms with van der Waals surface area (Å²) in [5, 5.41) is 2.04. The smallest absolute Gasteiger partial charge is 0.254 e. The Morgan fingerprint density at radius 3 is 2.58 bits per heavy atom. The van der Waals surface area contributed by atoms with Gasteiger partial charge in [-0.25, -0.2) is 5.48 Å². The van der Waals surface area contributed by atoms with E-state index in [9.17, 15) is 9.59 Å². The van der Waals surface area contributed by atoms with Crippen LogP contribution in [0.2, 0.25) is 0 Å². The standard InChI is InChI=1S/C19H22N2O3/c1-2-24-20-18(22)15-10-12-21(13-11-15)19(23)17-9-5-7-14-6-3-4-8-16(14)17/h3-9,15H,2,10-13H2,1H3,(H,20,22). The molecule has 0 aliphatic carbocycles. The molecule has 1 aliphatic rings. The lowest BCUT2D eigenvalue weighted by Crippen LogP contribution is -2.43. The molecule has 1 saturated heterocycles. The molecule has 0 saturated carbocycles. The average molecular weight is 326 g/mol. The molecule has 2 aromatic carbocycles. The zero-order valence-electron chi connectivity index (χ0n) is 13.8. The van der Waals surface area contributed by atoms with E-state index in [0.29, 0.717) is 32.5 Å². The van der Waals surface area contributed by atoms with Gasteiger partial charge in [0.05, 0.1) is 6.61 Å². The van der Waals surface area contributed by atoms with Crippen molar-refractivity contribution in [3.63, 3.8) is 0 Å². The third-order valence-corrected chi connectivity index (χ3v) is 4.49. The third kappa shape index (κ3) is 3.41. The fraction of sp³-hybridized carbons (Fsp3) is 0.368. The average Bonchev–Trinajstić information content (AvgIpc) is 2.65. The van der Waals surface area contributed by atoms with E-state index in [2.05, 4.69) is 5.48 Å². The van der Waals surface area contributed by atoms with Gasteiger partial charge in [0.2, 0.25) is 5.91 Å². The van der Waals surface area contributed by atoms with E-state index >= 15 is 0 Å². The lowest BCUT2D eigenvalue weighted by atomic mass is 9.95. The molecule has 3 rings (SSSR count). The van der Waals surface area contributed by atoms with Gasteiger partial charge < -0.3 is 4.90 Å². The maximum absolute atomic E-state index is 12.9. The van der Waals surface area contributed by atoms with Gasteiger partial charge in [0.1, 0.15) is 0 Å². The topological polar surface area (TPSA) is 58.6 Å². The van der Waals surface area contributed by atoms with Gasteiger partial charge in [-0.05, 0) is 36.6 Å². The molecule has 2 amide bonds. The maximum Gasteiger partial charge on any atom is 0.254 e. The third-order valence-electron chi connectivity index (χ3n) is 4.49. The highest BCUT2D eigenvalue weighted by Gasteiger charge is 2.28. The van der Waals surface area contributed by atoms with Crippen LogP contribution in [-0.2, 0) is 9.63 Å². The highest BCUT2D eigenvalue weighted by Crippen LogP contribution is 2.23. The van der Waals surface area contributed by atoms with Crippen molar-refractivity contribution in [1.82, 2.24) is 10.4 Å². The van der Waals surface area contributed by atoms with Crippen LogP contribution in [-0.4, -0.2) is 36.4 Å². The Labute approximate surface area is 141 Å². The van der Waals surface area contributed by atoms with Crippen LogP contribution in [0.25, 0.3) is 10.8 Å². The van der Waals surface area contributed by atoms with Crippen LogP contribution in [0.15, 0.2) is 42.5 Å². The number of rotatable bonds is 4. The fourth-order valence-electron chi connectivity index (χ4n) is 3.15. The predicted molar refractivity (Wildman–Crippen MR) is 92.3 cm³/mol. The number of benzene rings is 2. The highest BCUT2D eigenvalue weighted by molar-refractivity contribution is 6.07. The molecule has 0 unspecified atom stereocenters.